The minimum absolute atomic E-state index is 0.219. The van der Waals surface area contributed by atoms with Gasteiger partial charge in [0.25, 0.3) is 0 Å². The van der Waals surface area contributed by atoms with E-state index in [1.165, 1.54) is 7.11 Å². The maximum atomic E-state index is 12.4. The number of thioether (sulfide) groups is 1. The van der Waals surface area contributed by atoms with E-state index in [9.17, 15) is 10.1 Å². The predicted molar refractivity (Wildman–Crippen MR) is 97.6 cm³/mol. The van der Waals surface area contributed by atoms with Crippen LogP contribution in [0, 0.1) is 11.3 Å². The molecule has 1 aromatic carbocycles. The molecule has 0 amide bonds. The molecule has 3 rings (SSSR count). The third-order valence-electron chi connectivity index (χ3n) is 3.84. The van der Waals surface area contributed by atoms with Crippen molar-refractivity contribution >= 4 is 46.1 Å². The van der Waals surface area contributed by atoms with Gasteiger partial charge in [-0.3, -0.25) is 4.90 Å². The third kappa shape index (κ3) is 2.86. The van der Waals surface area contributed by atoms with Crippen molar-refractivity contribution in [3.63, 3.8) is 0 Å². The quantitative estimate of drug-likeness (QED) is 0.770. The molecule has 1 atom stereocenters. The Morgan fingerprint density at radius 3 is 2.80 bits per heavy atom. The van der Waals surface area contributed by atoms with E-state index in [-0.39, 0.29) is 5.82 Å². The number of carbonyl (C=O) groups excluding carboxylic acids is 1. The van der Waals surface area contributed by atoms with E-state index in [2.05, 4.69) is 4.99 Å². The summed E-state index contributed by atoms with van der Waals surface area (Å²) in [5, 5.41) is 10.6. The summed E-state index contributed by atoms with van der Waals surface area (Å²) < 4.78 is 4.92. The number of carbonyl (C=O) groups is 1. The van der Waals surface area contributed by atoms with Crippen LogP contribution >= 0.6 is 35.0 Å². The predicted octanol–water partition coefficient (Wildman–Crippen LogP) is 3.55. The number of benzene rings is 1. The van der Waals surface area contributed by atoms with E-state index in [4.69, 9.17) is 33.7 Å². The maximum absolute atomic E-state index is 12.4. The number of methoxy groups -OCH3 is 1. The second-order valence-corrected chi connectivity index (χ2v) is 7.07. The largest absolute Gasteiger partial charge is 0.466 e. The Hall–Kier alpha value is -2.14. The van der Waals surface area contributed by atoms with Gasteiger partial charge in [0.15, 0.2) is 5.17 Å². The number of nitrogens with zero attached hydrogens (tertiary/aromatic N) is 3. The molecule has 0 radical (unpaired) electrons. The van der Waals surface area contributed by atoms with Crippen LogP contribution in [0.5, 0.6) is 0 Å². The Kier molecular flexibility index (Phi) is 4.69. The number of aliphatic imine (C=N–C) groups is 1. The summed E-state index contributed by atoms with van der Waals surface area (Å²) >= 11 is 13.5. The van der Waals surface area contributed by atoms with Crippen LogP contribution in [0.25, 0.3) is 0 Å². The molecule has 6 nitrogen and oxygen atoms in total. The highest BCUT2D eigenvalue weighted by Crippen LogP contribution is 2.46. The number of hydrogen-bond acceptors (Lipinski definition) is 7. The molecule has 2 heterocycles. The summed E-state index contributed by atoms with van der Waals surface area (Å²) in [4.78, 5) is 18.8. The molecule has 2 aliphatic rings. The lowest BCUT2D eigenvalue weighted by Crippen LogP contribution is -2.38. The Bertz CT molecular complexity index is 917. The van der Waals surface area contributed by atoms with Crippen LogP contribution in [0.2, 0.25) is 10.0 Å². The first-order chi connectivity index (χ1) is 11.9. The fraction of sp³-hybridized carbons (Fsp3) is 0.188. The van der Waals surface area contributed by atoms with Crippen molar-refractivity contribution < 1.29 is 9.53 Å². The lowest BCUT2D eigenvalue weighted by molar-refractivity contribution is -0.136. The van der Waals surface area contributed by atoms with Crippen LogP contribution in [-0.2, 0) is 9.53 Å². The first-order valence-corrected chi connectivity index (χ1v) is 8.66. The smallest absolute Gasteiger partial charge is 0.338 e. The second kappa shape index (κ2) is 6.64. The van der Waals surface area contributed by atoms with Crippen molar-refractivity contribution in [2.45, 2.75) is 13.0 Å². The van der Waals surface area contributed by atoms with Gasteiger partial charge in [-0.05, 0) is 36.4 Å². The highest BCUT2D eigenvalue weighted by atomic mass is 35.5. The summed E-state index contributed by atoms with van der Waals surface area (Å²) in [5.41, 5.74) is 7.53. The molecule has 0 fully saturated rings. The van der Waals surface area contributed by atoms with Gasteiger partial charge in [-0.15, -0.1) is 0 Å². The fourth-order valence-corrected chi connectivity index (χ4v) is 4.16. The minimum atomic E-state index is -0.664. The molecule has 25 heavy (non-hydrogen) atoms. The standard InChI is InChI=1S/C16H12Cl2N4O2S/c1-7-12(15(23)24-2)13(9-4-3-8(17)5-10(9)18)22-14(20)11(6-19)25-16(22)21-7/h3-5,13H,20H2,1-2H3/t13-/m1/s1. The summed E-state index contributed by atoms with van der Waals surface area (Å²) in [6.45, 7) is 1.70. The molecule has 0 aliphatic carbocycles. The van der Waals surface area contributed by atoms with Gasteiger partial charge in [-0.2, -0.15) is 5.26 Å². The van der Waals surface area contributed by atoms with Crippen LogP contribution in [-0.4, -0.2) is 23.1 Å². The van der Waals surface area contributed by atoms with Gasteiger partial charge in [-0.25, -0.2) is 9.79 Å². The van der Waals surface area contributed by atoms with Gasteiger partial charge in [0.2, 0.25) is 0 Å². The molecule has 0 unspecified atom stereocenters. The first kappa shape index (κ1) is 17.7. The Balaban J connectivity index is 2.25. The Morgan fingerprint density at radius 1 is 1.48 bits per heavy atom. The molecular weight excluding hydrogens is 383 g/mol. The number of amidine groups is 1. The lowest BCUT2D eigenvalue weighted by Gasteiger charge is -2.35. The molecule has 128 valence electrons. The summed E-state index contributed by atoms with van der Waals surface area (Å²) in [6, 6.07) is 6.36. The topological polar surface area (TPSA) is 91.7 Å². The number of esters is 1. The molecule has 2 aliphatic heterocycles. The molecule has 9 heteroatoms. The van der Waals surface area contributed by atoms with Gasteiger partial charge in [-0.1, -0.05) is 29.3 Å². The van der Waals surface area contributed by atoms with E-state index < -0.39 is 12.0 Å². The second-order valence-electron chi connectivity index (χ2n) is 5.25. The Labute approximate surface area is 158 Å². The van der Waals surface area contributed by atoms with Crippen molar-refractivity contribution in [1.82, 2.24) is 4.90 Å². The van der Waals surface area contributed by atoms with Crippen LogP contribution in [0.3, 0.4) is 0 Å². The average Bonchev–Trinajstić information content (AvgIpc) is 2.89. The molecule has 0 bridgehead atoms. The molecule has 0 spiro atoms. The van der Waals surface area contributed by atoms with Crippen molar-refractivity contribution in [3.05, 3.63) is 55.8 Å². The number of halogens is 2. The number of nitriles is 1. The molecule has 1 aromatic rings. The number of rotatable bonds is 2. The van der Waals surface area contributed by atoms with E-state index in [1.807, 2.05) is 6.07 Å². The van der Waals surface area contributed by atoms with E-state index in [0.717, 1.165) is 11.8 Å². The zero-order valence-electron chi connectivity index (χ0n) is 13.2. The zero-order valence-corrected chi connectivity index (χ0v) is 15.5. The molecule has 0 saturated heterocycles. The van der Waals surface area contributed by atoms with Crippen molar-refractivity contribution in [1.29, 1.82) is 5.26 Å². The molecular formula is C16H12Cl2N4O2S. The van der Waals surface area contributed by atoms with E-state index in [0.29, 0.717) is 37.0 Å². The van der Waals surface area contributed by atoms with Crippen LogP contribution < -0.4 is 5.73 Å². The number of nitrogens with two attached hydrogens (primary N) is 1. The zero-order chi connectivity index (χ0) is 18.3. The summed E-state index contributed by atoms with van der Waals surface area (Å²) in [6.07, 6.45) is 0. The first-order valence-electron chi connectivity index (χ1n) is 7.08. The monoisotopic (exact) mass is 394 g/mol. The summed E-state index contributed by atoms with van der Waals surface area (Å²) in [7, 11) is 1.29. The van der Waals surface area contributed by atoms with Crippen LogP contribution in [0.4, 0.5) is 0 Å². The normalized spacial score (nSPS) is 19.6. The van der Waals surface area contributed by atoms with Crippen molar-refractivity contribution in [2.24, 2.45) is 10.7 Å². The average molecular weight is 395 g/mol. The Morgan fingerprint density at radius 2 is 2.20 bits per heavy atom. The third-order valence-corrected chi connectivity index (χ3v) is 5.38. The number of fused-ring (bicyclic) bond motifs is 1. The minimum Gasteiger partial charge on any atom is -0.466 e. The fourth-order valence-electron chi connectivity index (χ4n) is 2.73. The number of ether oxygens (including phenoxy) is 1. The SMILES string of the molecule is COC(=O)C1=C(C)N=C2SC(C#N)=C(N)N2[C@@H]1c1ccc(Cl)cc1Cl. The van der Waals surface area contributed by atoms with Crippen molar-refractivity contribution in [3.8, 4) is 6.07 Å². The molecule has 0 saturated carbocycles. The highest BCUT2D eigenvalue weighted by molar-refractivity contribution is 8.17. The number of hydrogen-bond donors (Lipinski definition) is 1. The summed E-state index contributed by atoms with van der Waals surface area (Å²) in [5.74, 6) is -0.323. The highest BCUT2D eigenvalue weighted by Gasteiger charge is 2.43. The number of allylic oxidation sites excluding steroid dienone is 2. The van der Waals surface area contributed by atoms with Gasteiger partial charge >= 0.3 is 5.97 Å². The van der Waals surface area contributed by atoms with Crippen LogP contribution in [0.15, 0.2) is 45.2 Å². The lowest BCUT2D eigenvalue weighted by atomic mass is 9.94. The maximum Gasteiger partial charge on any atom is 0.338 e. The molecule has 2 N–H and O–H groups in total. The van der Waals surface area contributed by atoms with Gasteiger partial charge in [0.1, 0.15) is 16.8 Å². The van der Waals surface area contributed by atoms with E-state index >= 15 is 0 Å². The molecule has 0 aromatic heterocycles. The van der Waals surface area contributed by atoms with Gasteiger partial charge in [0, 0.05) is 10.0 Å². The van der Waals surface area contributed by atoms with Crippen molar-refractivity contribution in [2.75, 3.05) is 7.11 Å². The van der Waals surface area contributed by atoms with Gasteiger partial charge in [0.05, 0.1) is 24.4 Å². The van der Waals surface area contributed by atoms with Crippen LogP contribution in [0.1, 0.15) is 18.5 Å². The van der Waals surface area contributed by atoms with Gasteiger partial charge < -0.3 is 10.5 Å². The van der Waals surface area contributed by atoms with E-state index in [1.54, 1.807) is 30.0 Å².